The lowest BCUT2D eigenvalue weighted by molar-refractivity contribution is -0.119. The second-order valence-corrected chi connectivity index (χ2v) is 5.75. The van der Waals surface area contributed by atoms with Crippen LogP contribution in [0.25, 0.3) is 0 Å². The second kappa shape index (κ2) is 6.72. The van der Waals surface area contributed by atoms with Gasteiger partial charge in [0.1, 0.15) is 5.75 Å². The van der Waals surface area contributed by atoms with E-state index >= 15 is 0 Å². The number of hydrogen-bond donors (Lipinski definition) is 3. The summed E-state index contributed by atoms with van der Waals surface area (Å²) in [4.78, 5) is 12.0. The minimum atomic E-state index is -0.605. The van der Waals surface area contributed by atoms with Gasteiger partial charge in [-0.2, -0.15) is 0 Å². The molecule has 0 aliphatic rings. The smallest absolute Gasteiger partial charge is 0.241 e. The molecule has 0 fully saturated rings. The highest BCUT2D eigenvalue weighted by Crippen LogP contribution is 2.24. The van der Waals surface area contributed by atoms with Gasteiger partial charge in [0.05, 0.1) is 19.3 Å². The zero-order valence-electron chi connectivity index (χ0n) is 12.6. The second-order valence-electron chi connectivity index (χ2n) is 5.75. The summed E-state index contributed by atoms with van der Waals surface area (Å²) in [5.41, 5.74) is 6.83. The summed E-state index contributed by atoms with van der Waals surface area (Å²) in [6.07, 6.45) is 0. The molecule has 1 atom stereocenters. The molecule has 0 radical (unpaired) electrons. The van der Waals surface area contributed by atoms with Gasteiger partial charge < -0.3 is 20.9 Å². The highest BCUT2D eigenvalue weighted by molar-refractivity contribution is 5.95. The third-order valence-corrected chi connectivity index (χ3v) is 3.01. The van der Waals surface area contributed by atoms with Crippen LogP contribution in [0.4, 0.5) is 5.69 Å². The molecule has 0 spiro atoms. The zero-order valence-corrected chi connectivity index (χ0v) is 12.6. The Balaban J connectivity index is 2.86. The topological polar surface area (TPSA) is 84.6 Å². The molecule has 0 saturated carbocycles. The van der Waals surface area contributed by atoms with Gasteiger partial charge in [-0.3, -0.25) is 4.79 Å². The summed E-state index contributed by atoms with van der Waals surface area (Å²) in [5.74, 6) is 0.374. The average Bonchev–Trinajstić information content (AvgIpc) is 2.38. The van der Waals surface area contributed by atoms with E-state index < -0.39 is 6.04 Å². The van der Waals surface area contributed by atoms with E-state index in [1.165, 1.54) is 0 Å². The number of nitrogens with one attached hydrogen (secondary N) is 1. The van der Waals surface area contributed by atoms with Crippen molar-refractivity contribution < 1.29 is 14.6 Å². The fourth-order valence-corrected chi connectivity index (χ4v) is 1.69. The number of rotatable bonds is 5. The summed E-state index contributed by atoms with van der Waals surface area (Å²) < 4.78 is 5.39. The molecule has 0 bridgehead atoms. The van der Waals surface area contributed by atoms with Crippen molar-refractivity contribution in [2.75, 3.05) is 11.9 Å². The molecule has 1 aromatic rings. The summed E-state index contributed by atoms with van der Waals surface area (Å²) in [6, 6.07) is 4.55. The van der Waals surface area contributed by atoms with Crippen molar-refractivity contribution in [1.82, 2.24) is 0 Å². The third kappa shape index (κ3) is 4.21. The van der Waals surface area contributed by atoms with Crippen molar-refractivity contribution >= 4 is 11.6 Å². The summed E-state index contributed by atoms with van der Waals surface area (Å²) in [5, 5.41) is 12.1. The van der Waals surface area contributed by atoms with Gasteiger partial charge in [-0.05, 0) is 30.5 Å². The van der Waals surface area contributed by atoms with Crippen molar-refractivity contribution in [1.29, 1.82) is 0 Å². The van der Waals surface area contributed by atoms with E-state index in [1.807, 2.05) is 27.7 Å². The predicted octanol–water partition coefficient (Wildman–Crippen LogP) is 1.89. The normalized spacial score (nSPS) is 12.9. The van der Waals surface area contributed by atoms with Gasteiger partial charge in [-0.25, -0.2) is 0 Å². The zero-order chi connectivity index (χ0) is 15.3. The number of carbonyl (C=O) groups is 1. The number of ether oxygens (including phenoxy) is 1. The minimum Gasteiger partial charge on any atom is -0.494 e. The molecule has 1 aromatic carbocycles. The largest absolute Gasteiger partial charge is 0.494 e. The number of carbonyl (C=O) groups excluding carboxylic acids is 1. The summed E-state index contributed by atoms with van der Waals surface area (Å²) in [7, 11) is 0. The number of anilines is 1. The maximum absolute atomic E-state index is 12.0. The predicted molar refractivity (Wildman–Crippen MR) is 79.6 cm³/mol. The van der Waals surface area contributed by atoms with E-state index in [9.17, 15) is 9.90 Å². The molecule has 4 N–H and O–H groups in total. The van der Waals surface area contributed by atoms with Crippen molar-refractivity contribution in [3.05, 3.63) is 23.8 Å². The molecular weight excluding hydrogens is 256 g/mol. The lowest BCUT2D eigenvalue weighted by atomic mass is 9.87. The monoisotopic (exact) mass is 280 g/mol. The lowest BCUT2D eigenvalue weighted by Crippen LogP contribution is -2.45. The van der Waals surface area contributed by atoms with E-state index in [-0.39, 0.29) is 17.9 Å². The Hall–Kier alpha value is -1.59. The Kier molecular flexibility index (Phi) is 5.53. The quantitative estimate of drug-likeness (QED) is 0.769. The van der Waals surface area contributed by atoms with Crippen LogP contribution in [0.3, 0.4) is 0 Å². The molecule has 0 aliphatic carbocycles. The molecule has 1 unspecified atom stereocenters. The van der Waals surface area contributed by atoms with Crippen molar-refractivity contribution in [2.24, 2.45) is 11.1 Å². The van der Waals surface area contributed by atoms with Gasteiger partial charge in [-0.1, -0.05) is 20.8 Å². The number of benzene rings is 1. The Labute approximate surface area is 120 Å². The molecule has 0 heterocycles. The van der Waals surface area contributed by atoms with Crippen molar-refractivity contribution in [2.45, 2.75) is 40.3 Å². The Morgan fingerprint density at radius 1 is 1.45 bits per heavy atom. The number of aliphatic hydroxyl groups is 1. The number of hydrogen-bond acceptors (Lipinski definition) is 4. The van der Waals surface area contributed by atoms with Gasteiger partial charge in [0.25, 0.3) is 0 Å². The molecule has 5 heteroatoms. The van der Waals surface area contributed by atoms with Crippen LogP contribution in [0.15, 0.2) is 18.2 Å². The molecule has 1 rings (SSSR count). The van der Waals surface area contributed by atoms with Crippen LogP contribution in [0.2, 0.25) is 0 Å². The molecule has 0 aliphatic heterocycles. The molecule has 5 nitrogen and oxygen atoms in total. The fraction of sp³-hybridized carbons (Fsp3) is 0.533. The Bertz CT molecular complexity index is 467. The lowest BCUT2D eigenvalue weighted by Gasteiger charge is -2.26. The van der Waals surface area contributed by atoms with Gasteiger partial charge in [-0.15, -0.1) is 0 Å². The Morgan fingerprint density at radius 2 is 2.10 bits per heavy atom. The van der Waals surface area contributed by atoms with Crippen LogP contribution in [0.1, 0.15) is 33.3 Å². The molecule has 20 heavy (non-hydrogen) atoms. The van der Waals surface area contributed by atoms with E-state index in [0.29, 0.717) is 23.6 Å². The van der Waals surface area contributed by atoms with E-state index in [0.717, 1.165) is 0 Å². The standard InChI is InChI=1S/C15H24N2O3/c1-5-20-12-7-6-11(8-10(12)9-18)17-14(19)13(16)15(2,3)4/h6-8,13,18H,5,9,16H2,1-4H3,(H,17,19). The average molecular weight is 280 g/mol. The third-order valence-electron chi connectivity index (χ3n) is 3.01. The van der Waals surface area contributed by atoms with Crippen LogP contribution < -0.4 is 15.8 Å². The molecule has 0 saturated heterocycles. The first kappa shape index (κ1) is 16.5. The van der Waals surface area contributed by atoms with Crippen molar-refractivity contribution in [3.8, 4) is 5.75 Å². The highest BCUT2D eigenvalue weighted by Gasteiger charge is 2.27. The summed E-state index contributed by atoms with van der Waals surface area (Å²) in [6.45, 7) is 7.98. The van der Waals surface area contributed by atoms with Crippen LogP contribution in [0.5, 0.6) is 5.75 Å². The first-order valence-corrected chi connectivity index (χ1v) is 6.72. The maximum Gasteiger partial charge on any atom is 0.241 e. The SMILES string of the molecule is CCOc1ccc(NC(=O)C(N)C(C)(C)C)cc1CO. The van der Waals surface area contributed by atoms with Crippen LogP contribution >= 0.6 is 0 Å². The van der Waals surface area contributed by atoms with Gasteiger partial charge in [0.2, 0.25) is 5.91 Å². The Morgan fingerprint density at radius 3 is 2.60 bits per heavy atom. The molecular formula is C15H24N2O3. The number of aliphatic hydroxyl groups excluding tert-OH is 1. The van der Waals surface area contributed by atoms with Gasteiger partial charge in [0, 0.05) is 11.3 Å². The van der Waals surface area contributed by atoms with Gasteiger partial charge in [0.15, 0.2) is 0 Å². The summed E-state index contributed by atoms with van der Waals surface area (Å²) >= 11 is 0. The molecule has 0 aromatic heterocycles. The number of nitrogens with two attached hydrogens (primary N) is 1. The van der Waals surface area contributed by atoms with E-state index in [2.05, 4.69) is 5.32 Å². The first-order valence-electron chi connectivity index (χ1n) is 6.72. The van der Waals surface area contributed by atoms with E-state index in [4.69, 9.17) is 10.5 Å². The maximum atomic E-state index is 12.0. The van der Waals surface area contributed by atoms with Crippen LogP contribution in [-0.4, -0.2) is 23.7 Å². The van der Waals surface area contributed by atoms with Crippen molar-refractivity contribution in [3.63, 3.8) is 0 Å². The highest BCUT2D eigenvalue weighted by atomic mass is 16.5. The van der Waals surface area contributed by atoms with E-state index in [1.54, 1.807) is 18.2 Å². The van der Waals surface area contributed by atoms with Crippen LogP contribution in [-0.2, 0) is 11.4 Å². The van der Waals surface area contributed by atoms with Crippen LogP contribution in [0, 0.1) is 5.41 Å². The molecule has 112 valence electrons. The number of amides is 1. The first-order chi connectivity index (χ1) is 9.29. The fourth-order valence-electron chi connectivity index (χ4n) is 1.69. The van der Waals surface area contributed by atoms with Gasteiger partial charge >= 0.3 is 0 Å². The minimum absolute atomic E-state index is 0.148. The molecule has 1 amide bonds.